The molecule has 2 heterocycles. The Balaban J connectivity index is 1.59. The summed E-state index contributed by atoms with van der Waals surface area (Å²) in [6.45, 7) is 4.06. The molecule has 8 heteroatoms. The predicted molar refractivity (Wildman–Crippen MR) is 123 cm³/mol. The largest absolute Gasteiger partial charge is 0.395 e. The normalized spacial score (nSPS) is 10.6. The molecule has 156 valence electrons. The second-order valence-electron chi connectivity index (χ2n) is 6.79. The summed E-state index contributed by atoms with van der Waals surface area (Å²) in [5.41, 5.74) is 5.02. The van der Waals surface area contributed by atoms with Gasteiger partial charge in [0.15, 0.2) is 0 Å². The number of amides is 1. The van der Waals surface area contributed by atoms with Crippen molar-refractivity contribution in [2.45, 2.75) is 0 Å². The molecule has 0 aliphatic rings. The summed E-state index contributed by atoms with van der Waals surface area (Å²) in [4.78, 5) is 23.6. The van der Waals surface area contributed by atoms with Crippen molar-refractivity contribution in [1.82, 2.24) is 15.0 Å². The van der Waals surface area contributed by atoms with Gasteiger partial charge in [-0.05, 0) is 48.0 Å². The summed E-state index contributed by atoms with van der Waals surface area (Å²) in [7, 11) is 0. The van der Waals surface area contributed by atoms with Crippen LogP contribution in [0.25, 0.3) is 22.3 Å². The quantitative estimate of drug-likeness (QED) is 0.279. The number of nitrogens with one attached hydrogen (secondary N) is 4. The molecule has 0 atom stereocenters. The second-order valence-corrected chi connectivity index (χ2v) is 6.79. The van der Waals surface area contributed by atoms with E-state index in [-0.39, 0.29) is 12.5 Å². The molecule has 0 aliphatic carbocycles. The Kier molecular flexibility index (Phi) is 5.91. The first-order chi connectivity index (χ1) is 15.2. The van der Waals surface area contributed by atoms with Crippen LogP contribution >= 0.6 is 0 Å². The molecule has 4 aromatic rings. The first kappa shape index (κ1) is 20.1. The molecule has 5 N–H and O–H groups in total. The molecule has 0 saturated heterocycles. The Morgan fingerprint density at radius 1 is 1.06 bits per heavy atom. The number of aromatic amines is 1. The van der Waals surface area contributed by atoms with Gasteiger partial charge in [0.05, 0.1) is 12.0 Å². The molecule has 1 amide bonds. The minimum Gasteiger partial charge on any atom is -0.395 e. The molecule has 0 unspecified atom stereocenters. The maximum atomic E-state index is 11.5. The van der Waals surface area contributed by atoms with Gasteiger partial charge in [0, 0.05) is 29.3 Å². The van der Waals surface area contributed by atoms with Crippen molar-refractivity contribution in [3.05, 3.63) is 73.6 Å². The Morgan fingerprint density at radius 2 is 1.87 bits per heavy atom. The topological polar surface area (TPSA) is 115 Å². The van der Waals surface area contributed by atoms with E-state index in [1.54, 1.807) is 6.07 Å². The standard InChI is InChI=1S/C23H22N6O2/c1-2-21(31)27-17-4-3-5-18(12-17)28-22-19-13-20(29-23(19)26-14-25-22)15-6-8-16(9-7-15)24-10-11-30/h2-9,12-14,24,30H,1,10-11H2,(H,27,31)(H2,25,26,28,29). The zero-order chi connectivity index (χ0) is 21.6. The van der Waals surface area contributed by atoms with Gasteiger partial charge < -0.3 is 26.0 Å². The summed E-state index contributed by atoms with van der Waals surface area (Å²) in [6, 6.07) is 17.3. The van der Waals surface area contributed by atoms with E-state index >= 15 is 0 Å². The van der Waals surface area contributed by atoms with E-state index in [9.17, 15) is 4.79 Å². The smallest absolute Gasteiger partial charge is 0.247 e. The Hall–Kier alpha value is -4.17. The Bertz CT molecular complexity index is 1220. The van der Waals surface area contributed by atoms with E-state index in [2.05, 4.69) is 37.5 Å². The van der Waals surface area contributed by atoms with E-state index in [4.69, 9.17) is 5.11 Å². The third kappa shape index (κ3) is 4.71. The number of carbonyl (C=O) groups is 1. The van der Waals surface area contributed by atoms with Gasteiger partial charge in [0.1, 0.15) is 17.8 Å². The lowest BCUT2D eigenvalue weighted by Gasteiger charge is -2.08. The predicted octanol–water partition coefficient (Wildman–Crippen LogP) is 3.90. The van der Waals surface area contributed by atoms with Crippen molar-refractivity contribution in [2.75, 3.05) is 29.1 Å². The van der Waals surface area contributed by atoms with E-state index < -0.39 is 0 Å². The molecule has 2 aromatic heterocycles. The highest BCUT2D eigenvalue weighted by atomic mass is 16.3. The number of fused-ring (bicyclic) bond motifs is 1. The van der Waals surface area contributed by atoms with Gasteiger partial charge in [-0.25, -0.2) is 9.97 Å². The lowest BCUT2D eigenvalue weighted by Crippen LogP contribution is -2.07. The van der Waals surface area contributed by atoms with Gasteiger partial charge in [-0.3, -0.25) is 4.79 Å². The van der Waals surface area contributed by atoms with Crippen molar-refractivity contribution < 1.29 is 9.90 Å². The lowest BCUT2D eigenvalue weighted by molar-refractivity contribution is -0.111. The number of aliphatic hydroxyl groups excluding tert-OH is 1. The van der Waals surface area contributed by atoms with E-state index in [0.717, 1.165) is 28.0 Å². The number of anilines is 4. The molecule has 0 saturated carbocycles. The monoisotopic (exact) mass is 414 g/mol. The number of nitrogens with zero attached hydrogens (tertiary/aromatic N) is 2. The van der Waals surface area contributed by atoms with Crippen LogP contribution in [0, 0.1) is 0 Å². The molecule has 31 heavy (non-hydrogen) atoms. The summed E-state index contributed by atoms with van der Waals surface area (Å²) in [5, 5.41) is 18.9. The fourth-order valence-electron chi connectivity index (χ4n) is 3.17. The van der Waals surface area contributed by atoms with Crippen molar-refractivity contribution in [3.8, 4) is 11.3 Å². The maximum Gasteiger partial charge on any atom is 0.247 e. The molecule has 2 aromatic carbocycles. The van der Waals surface area contributed by atoms with Crippen molar-refractivity contribution in [1.29, 1.82) is 0 Å². The van der Waals surface area contributed by atoms with Crippen molar-refractivity contribution in [2.24, 2.45) is 0 Å². The number of H-pyrrole nitrogens is 1. The maximum absolute atomic E-state index is 11.5. The fraction of sp³-hybridized carbons (Fsp3) is 0.0870. The summed E-state index contributed by atoms with van der Waals surface area (Å²) >= 11 is 0. The van der Waals surface area contributed by atoms with E-state index in [0.29, 0.717) is 23.7 Å². The third-order valence-corrected chi connectivity index (χ3v) is 4.64. The lowest BCUT2D eigenvalue weighted by atomic mass is 10.1. The minimum absolute atomic E-state index is 0.0851. The number of aromatic nitrogens is 3. The molecule has 0 fully saturated rings. The van der Waals surface area contributed by atoms with E-state index in [1.165, 1.54) is 12.4 Å². The Labute approximate surface area is 179 Å². The number of hydrogen-bond donors (Lipinski definition) is 5. The number of hydrogen-bond acceptors (Lipinski definition) is 6. The number of carbonyl (C=O) groups excluding carboxylic acids is 1. The van der Waals surface area contributed by atoms with Gasteiger partial charge in [0.25, 0.3) is 0 Å². The zero-order valence-corrected chi connectivity index (χ0v) is 16.7. The number of rotatable bonds is 8. The van der Waals surface area contributed by atoms with Crippen LogP contribution in [0.3, 0.4) is 0 Å². The zero-order valence-electron chi connectivity index (χ0n) is 16.7. The molecule has 8 nitrogen and oxygen atoms in total. The van der Waals surface area contributed by atoms with Crippen LogP contribution in [-0.2, 0) is 4.79 Å². The second kappa shape index (κ2) is 9.10. The minimum atomic E-state index is -0.269. The van der Waals surface area contributed by atoms with Gasteiger partial charge in [-0.2, -0.15) is 0 Å². The number of aliphatic hydroxyl groups is 1. The summed E-state index contributed by atoms with van der Waals surface area (Å²) in [5.74, 6) is 0.385. The summed E-state index contributed by atoms with van der Waals surface area (Å²) < 4.78 is 0. The molecule has 0 bridgehead atoms. The molecular weight excluding hydrogens is 392 g/mol. The molecule has 0 radical (unpaired) electrons. The van der Waals surface area contributed by atoms with Gasteiger partial charge in [0.2, 0.25) is 5.91 Å². The van der Waals surface area contributed by atoms with Gasteiger partial charge in [-0.15, -0.1) is 0 Å². The van der Waals surface area contributed by atoms with Crippen LogP contribution in [0.2, 0.25) is 0 Å². The average molecular weight is 414 g/mol. The van der Waals surface area contributed by atoms with Crippen LogP contribution in [0.15, 0.2) is 73.6 Å². The van der Waals surface area contributed by atoms with Crippen LogP contribution in [0.5, 0.6) is 0 Å². The highest BCUT2D eigenvalue weighted by Crippen LogP contribution is 2.29. The van der Waals surface area contributed by atoms with Crippen LogP contribution in [0.1, 0.15) is 0 Å². The SMILES string of the molecule is C=CC(=O)Nc1cccc(Nc2ncnc3[nH]c(-c4ccc(NCCO)cc4)cc23)c1. The van der Waals surface area contributed by atoms with Crippen molar-refractivity contribution in [3.63, 3.8) is 0 Å². The fourth-order valence-corrected chi connectivity index (χ4v) is 3.17. The average Bonchev–Trinajstić information content (AvgIpc) is 3.24. The highest BCUT2D eigenvalue weighted by Gasteiger charge is 2.10. The molecule has 0 aliphatic heterocycles. The van der Waals surface area contributed by atoms with Crippen LogP contribution in [0.4, 0.5) is 22.9 Å². The Morgan fingerprint density at radius 3 is 2.65 bits per heavy atom. The van der Waals surface area contributed by atoms with Gasteiger partial charge in [-0.1, -0.05) is 24.8 Å². The third-order valence-electron chi connectivity index (χ3n) is 4.64. The first-order valence-corrected chi connectivity index (χ1v) is 9.75. The van der Waals surface area contributed by atoms with Crippen molar-refractivity contribution >= 4 is 39.8 Å². The molecule has 4 rings (SSSR count). The molecular formula is C23H22N6O2. The number of benzene rings is 2. The van der Waals surface area contributed by atoms with Crippen LogP contribution in [-0.4, -0.2) is 39.1 Å². The molecule has 0 spiro atoms. The first-order valence-electron chi connectivity index (χ1n) is 9.75. The summed E-state index contributed by atoms with van der Waals surface area (Å²) in [6.07, 6.45) is 2.72. The van der Waals surface area contributed by atoms with Crippen LogP contribution < -0.4 is 16.0 Å². The van der Waals surface area contributed by atoms with Gasteiger partial charge >= 0.3 is 0 Å². The highest BCUT2D eigenvalue weighted by molar-refractivity contribution is 5.99. The van der Waals surface area contributed by atoms with E-state index in [1.807, 2.05) is 48.5 Å².